The highest BCUT2D eigenvalue weighted by Crippen LogP contribution is 2.12. The molecule has 0 fully saturated rings. The van der Waals surface area contributed by atoms with E-state index in [-0.39, 0.29) is 11.8 Å². The molecule has 5 nitrogen and oxygen atoms in total. The van der Waals surface area contributed by atoms with Gasteiger partial charge in [-0.05, 0) is 25.5 Å². The number of hydrogen-bond acceptors (Lipinski definition) is 5. The fraction of sp³-hybridized carbons (Fsp3) is 0.455. The zero-order valence-electron chi connectivity index (χ0n) is 9.84. The van der Waals surface area contributed by atoms with Gasteiger partial charge in [0, 0.05) is 18.5 Å². The highest BCUT2D eigenvalue weighted by atomic mass is 32.2. The molecule has 1 atom stereocenters. The summed E-state index contributed by atoms with van der Waals surface area (Å²) < 4.78 is 22.0. The average molecular weight is 253 g/mol. The Morgan fingerprint density at radius 3 is 2.88 bits per heavy atom. The van der Waals surface area contributed by atoms with Gasteiger partial charge in [-0.15, -0.1) is 0 Å². The van der Waals surface area contributed by atoms with Crippen LogP contribution in [0.4, 0.5) is 5.82 Å². The van der Waals surface area contributed by atoms with Crippen LogP contribution in [0.2, 0.25) is 0 Å². The summed E-state index contributed by atoms with van der Waals surface area (Å²) in [7, 11) is -2.95. The number of nitriles is 1. The number of rotatable bonds is 5. The van der Waals surface area contributed by atoms with Crippen molar-refractivity contribution in [3.63, 3.8) is 0 Å². The van der Waals surface area contributed by atoms with Crippen LogP contribution in [0.25, 0.3) is 0 Å². The van der Waals surface area contributed by atoms with E-state index in [0.717, 1.165) is 0 Å². The Morgan fingerprint density at radius 2 is 2.29 bits per heavy atom. The molecule has 17 heavy (non-hydrogen) atoms. The second-order valence-corrected chi connectivity index (χ2v) is 6.24. The Morgan fingerprint density at radius 1 is 1.59 bits per heavy atom. The third-order valence-corrected chi connectivity index (χ3v) is 3.21. The molecule has 0 aliphatic rings. The third-order valence-electron chi connectivity index (χ3n) is 2.23. The molecule has 1 aromatic rings. The van der Waals surface area contributed by atoms with E-state index in [1.54, 1.807) is 18.3 Å². The van der Waals surface area contributed by atoms with Crippen molar-refractivity contribution in [2.75, 3.05) is 17.3 Å². The fourth-order valence-electron chi connectivity index (χ4n) is 1.31. The lowest BCUT2D eigenvalue weighted by Gasteiger charge is -2.14. The summed E-state index contributed by atoms with van der Waals surface area (Å²) in [5, 5.41) is 11.9. The average Bonchev–Trinajstić information content (AvgIpc) is 2.26. The van der Waals surface area contributed by atoms with E-state index in [4.69, 9.17) is 5.26 Å². The number of sulfone groups is 1. The Kier molecular flexibility index (Phi) is 4.46. The summed E-state index contributed by atoms with van der Waals surface area (Å²) in [6.45, 7) is 1.86. The van der Waals surface area contributed by atoms with Gasteiger partial charge >= 0.3 is 0 Å². The standard InChI is InChI=1S/C11H15N3O2S/c1-9(5-7-17(2,15)16)14-11-10(8-12)4-3-6-13-11/h3-4,6,9H,5,7H2,1-2H3,(H,13,14). The van der Waals surface area contributed by atoms with Crippen LogP contribution in [-0.2, 0) is 9.84 Å². The van der Waals surface area contributed by atoms with Crippen molar-refractivity contribution < 1.29 is 8.42 Å². The maximum absolute atomic E-state index is 11.0. The SMILES string of the molecule is CC(CCS(C)(=O)=O)Nc1ncccc1C#N. The maximum Gasteiger partial charge on any atom is 0.147 e. The molecule has 6 heteroatoms. The predicted octanol–water partition coefficient (Wildman–Crippen LogP) is 1.19. The first-order valence-corrected chi connectivity index (χ1v) is 7.28. The maximum atomic E-state index is 11.0. The zero-order valence-corrected chi connectivity index (χ0v) is 10.7. The van der Waals surface area contributed by atoms with Gasteiger partial charge in [-0.25, -0.2) is 13.4 Å². The van der Waals surface area contributed by atoms with Crippen LogP contribution in [0.15, 0.2) is 18.3 Å². The molecule has 0 amide bonds. The van der Waals surface area contributed by atoms with Crippen molar-refractivity contribution >= 4 is 15.7 Å². The van der Waals surface area contributed by atoms with Gasteiger partial charge in [0.1, 0.15) is 21.7 Å². The molecule has 0 aliphatic heterocycles. The quantitative estimate of drug-likeness (QED) is 0.852. The second-order valence-electron chi connectivity index (χ2n) is 3.98. The molecule has 0 saturated carbocycles. The van der Waals surface area contributed by atoms with Gasteiger partial charge in [-0.1, -0.05) is 0 Å². The van der Waals surface area contributed by atoms with Crippen molar-refractivity contribution in [2.24, 2.45) is 0 Å². The van der Waals surface area contributed by atoms with Crippen LogP contribution in [-0.4, -0.2) is 31.5 Å². The Labute approximate surface area is 101 Å². The van der Waals surface area contributed by atoms with Crippen molar-refractivity contribution in [1.82, 2.24) is 4.98 Å². The minimum absolute atomic E-state index is 0.0493. The number of aromatic nitrogens is 1. The molecule has 0 radical (unpaired) electrons. The number of pyridine rings is 1. The Balaban J connectivity index is 2.63. The lowest BCUT2D eigenvalue weighted by Crippen LogP contribution is -2.20. The molecule has 1 heterocycles. The van der Waals surface area contributed by atoms with E-state index < -0.39 is 9.84 Å². The third kappa shape index (κ3) is 4.83. The first-order valence-electron chi connectivity index (χ1n) is 5.22. The summed E-state index contributed by atoms with van der Waals surface area (Å²) in [6, 6.07) is 5.33. The normalized spacial score (nSPS) is 12.8. The molecule has 0 aliphatic carbocycles. The molecule has 1 rings (SSSR count). The highest BCUT2D eigenvalue weighted by molar-refractivity contribution is 7.90. The lowest BCUT2D eigenvalue weighted by molar-refractivity contribution is 0.595. The predicted molar refractivity (Wildman–Crippen MR) is 66.4 cm³/mol. The molecular formula is C11H15N3O2S. The van der Waals surface area contributed by atoms with Gasteiger partial charge < -0.3 is 5.32 Å². The van der Waals surface area contributed by atoms with Gasteiger partial charge in [-0.3, -0.25) is 0 Å². The van der Waals surface area contributed by atoms with E-state index in [1.165, 1.54) is 6.26 Å². The largest absolute Gasteiger partial charge is 0.366 e. The Hall–Kier alpha value is -1.61. The van der Waals surface area contributed by atoms with E-state index in [0.29, 0.717) is 17.8 Å². The molecular weight excluding hydrogens is 238 g/mol. The number of hydrogen-bond donors (Lipinski definition) is 1. The molecule has 0 bridgehead atoms. The van der Waals surface area contributed by atoms with Crippen LogP contribution in [0.3, 0.4) is 0 Å². The highest BCUT2D eigenvalue weighted by Gasteiger charge is 2.10. The summed E-state index contributed by atoms with van der Waals surface area (Å²) in [6.07, 6.45) is 3.29. The molecule has 1 unspecified atom stereocenters. The van der Waals surface area contributed by atoms with Crippen molar-refractivity contribution in [3.8, 4) is 6.07 Å². The number of nitrogens with one attached hydrogen (secondary N) is 1. The van der Waals surface area contributed by atoms with Crippen LogP contribution in [0.1, 0.15) is 18.9 Å². The smallest absolute Gasteiger partial charge is 0.147 e. The van der Waals surface area contributed by atoms with Gasteiger partial charge in [0.2, 0.25) is 0 Å². The first kappa shape index (κ1) is 13.5. The molecule has 0 aromatic carbocycles. The van der Waals surface area contributed by atoms with Gasteiger partial charge in [-0.2, -0.15) is 5.26 Å². The summed E-state index contributed by atoms with van der Waals surface area (Å²) in [5.74, 6) is 0.617. The first-order chi connectivity index (χ1) is 7.92. The zero-order chi connectivity index (χ0) is 12.9. The summed E-state index contributed by atoms with van der Waals surface area (Å²) in [5.41, 5.74) is 0.457. The molecule has 0 spiro atoms. The second kappa shape index (κ2) is 5.64. The van der Waals surface area contributed by atoms with E-state index in [2.05, 4.69) is 10.3 Å². The van der Waals surface area contributed by atoms with Gasteiger partial charge in [0.05, 0.1) is 11.3 Å². The summed E-state index contributed by atoms with van der Waals surface area (Å²) in [4.78, 5) is 4.05. The molecule has 92 valence electrons. The topological polar surface area (TPSA) is 82.8 Å². The molecule has 1 N–H and O–H groups in total. The van der Waals surface area contributed by atoms with Gasteiger partial charge in [0.15, 0.2) is 0 Å². The van der Waals surface area contributed by atoms with Crippen LogP contribution < -0.4 is 5.32 Å². The Bertz CT molecular complexity index is 520. The van der Waals surface area contributed by atoms with Crippen molar-refractivity contribution in [3.05, 3.63) is 23.9 Å². The van der Waals surface area contributed by atoms with Crippen LogP contribution >= 0.6 is 0 Å². The fourth-order valence-corrected chi connectivity index (χ4v) is 2.09. The molecule has 0 saturated heterocycles. The van der Waals surface area contributed by atoms with E-state index >= 15 is 0 Å². The van der Waals surface area contributed by atoms with E-state index in [1.807, 2.05) is 13.0 Å². The number of anilines is 1. The van der Waals surface area contributed by atoms with Crippen LogP contribution in [0, 0.1) is 11.3 Å². The summed E-state index contributed by atoms with van der Waals surface area (Å²) >= 11 is 0. The molecule has 1 aromatic heterocycles. The minimum atomic E-state index is -2.95. The minimum Gasteiger partial charge on any atom is -0.366 e. The monoisotopic (exact) mass is 253 g/mol. The lowest BCUT2D eigenvalue weighted by atomic mass is 10.2. The van der Waals surface area contributed by atoms with Crippen molar-refractivity contribution in [2.45, 2.75) is 19.4 Å². The van der Waals surface area contributed by atoms with Gasteiger partial charge in [0.25, 0.3) is 0 Å². The number of nitrogens with zero attached hydrogens (tertiary/aromatic N) is 2. The van der Waals surface area contributed by atoms with Crippen molar-refractivity contribution in [1.29, 1.82) is 5.26 Å². The van der Waals surface area contributed by atoms with E-state index in [9.17, 15) is 8.42 Å². The van der Waals surface area contributed by atoms with Crippen LogP contribution in [0.5, 0.6) is 0 Å².